The number of urea groups is 1. The molecular formula is C15H10F4N2O3. The first-order valence-corrected chi connectivity index (χ1v) is 6.45. The largest absolute Gasteiger partial charge is 0.478 e. The molecule has 9 heteroatoms. The molecule has 0 heterocycles. The summed E-state index contributed by atoms with van der Waals surface area (Å²) >= 11 is 0. The first-order chi connectivity index (χ1) is 11.2. The minimum absolute atomic E-state index is 0.00862. The molecule has 0 fully saturated rings. The molecule has 0 aliphatic heterocycles. The smallest absolute Gasteiger partial charge is 0.419 e. The third-order valence-corrected chi connectivity index (χ3v) is 2.92. The van der Waals surface area contributed by atoms with Gasteiger partial charge in [0, 0.05) is 11.4 Å². The van der Waals surface area contributed by atoms with Crippen molar-refractivity contribution in [1.82, 2.24) is 0 Å². The SMILES string of the molecule is O=C(Nc1ccc(C(=O)O)cc1)Nc1ccc(F)c(C(F)(F)F)c1. The topological polar surface area (TPSA) is 78.4 Å². The van der Waals surface area contributed by atoms with Crippen LogP contribution in [-0.2, 0) is 6.18 Å². The molecule has 0 saturated carbocycles. The van der Waals surface area contributed by atoms with Crippen molar-refractivity contribution in [3.05, 3.63) is 59.4 Å². The number of alkyl halides is 3. The van der Waals surface area contributed by atoms with Gasteiger partial charge in [-0.3, -0.25) is 0 Å². The van der Waals surface area contributed by atoms with Crippen LogP contribution in [0.2, 0.25) is 0 Å². The Hall–Kier alpha value is -3.10. The lowest BCUT2D eigenvalue weighted by molar-refractivity contribution is -0.139. The summed E-state index contributed by atoms with van der Waals surface area (Å²) in [5.41, 5.74) is -1.50. The molecule has 126 valence electrons. The number of carboxylic acid groups (broad SMARTS) is 1. The van der Waals surface area contributed by atoms with Crippen LogP contribution in [0.3, 0.4) is 0 Å². The van der Waals surface area contributed by atoms with E-state index in [9.17, 15) is 27.2 Å². The van der Waals surface area contributed by atoms with Gasteiger partial charge < -0.3 is 15.7 Å². The number of carbonyl (C=O) groups is 2. The number of rotatable bonds is 3. The van der Waals surface area contributed by atoms with Gasteiger partial charge in [-0.05, 0) is 42.5 Å². The van der Waals surface area contributed by atoms with Crippen molar-refractivity contribution in [3.63, 3.8) is 0 Å². The van der Waals surface area contributed by atoms with Crippen molar-refractivity contribution < 1.29 is 32.3 Å². The van der Waals surface area contributed by atoms with E-state index in [-0.39, 0.29) is 16.9 Å². The maximum atomic E-state index is 13.2. The molecular weight excluding hydrogens is 332 g/mol. The minimum atomic E-state index is -4.88. The lowest BCUT2D eigenvalue weighted by atomic mass is 10.2. The zero-order valence-electron chi connectivity index (χ0n) is 11.8. The monoisotopic (exact) mass is 342 g/mol. The average molecular weight is 342 g/mol. The molecule has 2 aromatic rings. The summed E-state index contributed by atoms with van der Waals surface area (Å²) < 4.78 is 51.0. The average Bonchev–Trinajstić information content (AvgIpc) is 2.48. The predicted molar refractivity (Wildman–Crippen MR) is 77.4 cm³/mol. The fourth-order valence-electron chi connectivity index (χ4n) is 1.81. The van der Waals surface area contributed by atoms with Crippen LogP contribution in [0.25, 0.3) is 0 Å². The molecule has 0 radical (unpaired) electrons. The van der Waals surface area contributed by atoms with Crippen molar-refractivity contribution in [3.8, 4) is 0 Å². The molecule has 0 saturated heterocycles. The van der Waals surface area contributed by atoms with Crippen LogP contribution in [0.15, 0.2) is 42.5 Å². The molecule has 5 nitrogen and oxygen atoms in total. The molecule has 2 amide bonds. The lowest BCUT2D eigenvalue weighted by Gasteiger charge is -2.11. The van der Waals surface area contributed by atoms with Crippen LogP contribution in [0.5, 0.6) is 0 Å². The van der Waals surface area contributed by atoms with E-state index in [1.54, 1.807) is 0 Å². The summed E-state index contributed by atoms with van der Waals surface area (Å²) in [7, 11) is 0. The number of carboxylic acids is 1. The number of benzene rings is 2. The number of hydrogen-bond acceptors (Lipinski definition) is 2. The molecule has 2 aromatic carbocycles. The molecule has 0 aliphatic carbocycles. The van der Waals surface area contributed by atoms with E-state index in [2.05, 4.69) is 10.6 Å². The summed E-state index contributed by atoms with van der Waals surface area (Å²) in [4.78, 5) is 22.4. The Labute approximate surface area is 132 Å². The van der Waals surface area contributed by atoms with Crippen LogP contribution < -0.4 is 10.6 Å². The second-order valence-electron chi connectivity index (χ2n) is 4.65. The van der Waals surface area contributed by atoms with Gasteiger partial charge in [-0.1, -0.05) is 0 Å². The number of anilines is 2. The first-order valence-electron chi connectivity index (χ1n) is 6.45. The van der Waals surface area contributed by atoms with E-state index in [1.807, 2.05) is 0 Å². The van der Waals surface area contributed by atoms with E-state index in [0.717, 1.165) is 6.07 Å². The summed E-state index contributed by atoms with van der Waals surface area (Å²) in [5.74, 6) is -2.59. The molecule has 0 unspecified atom stereocenters. The van der Waals surface area contributed by atoms with Gasteiger partial charge >= 0.3 is 18.2 Å². The van der Waals surface area contributed by atoms with Crippen molar-refractivity contribution in [1.29, 1.82) is 0 Å². The van der Waals surface area contributed by atoms with Gasteiger partial charge in [0.2, 0.25) is 0 Å². The fraction of sp³-hybridized carbons (Fsp3) is 0.0667. The van der Waals surface area contributed by atoms with E-state index in [4.69, 9.17) is 5.11 Å². The van der Waals surface area contributed by atoms with Gasteiger partial charge in [-0.15, -0.1) is 0 Å². The zero-order valence-corrected chi connectivity index (χ0v) is 11.8. The van der Waals surface area contributed by atoms with Gasteiger partial charge in [-0.25, -0.2) is 14.0 Å². The number of hydrogen-bond donors (Lipinski definition) is 3. The Balaban J connectivity index is 2.08. The number of aromatic carboxylic acids is 1. The molecule has 0 spiro atoms. The highest BCUT2D eigenvalue weighted by Crippen LogP contribution is 2.33. The standard InChI is InChI=1S/C15H10F4N2O3/c16-12-6-5-10(7-11(12)15(17,18)19)21-14(24)20-9-3-1-8(2-4-9)13(22)23/h1-7H,(H,22,23)(H2,20,21,24). The number of halogens is 4. The molecule has 0 aliphatic rings. The highest BCUT2D eigenvalue weighted by Gasteiger charge is 2.34. The maximum absolute atomic E-state index is 13.2. The predicted octanol–water partition coefficient (Wildman–Crippen LogP) is 4.19. The molecule has 0 atom stereocenters. The summed E-state index contributed by atoms with van der Waals surface area (Å²) in [6, 6.07) is 6.32. The third kappa shape index (κ3) is 4.22. The molecule has 0 bridgehead atoms. The quantitative estimate of drug-likeness (QED) is 0.732. The number of amides is 2. The Morgan fingerprint density at radius 2 is 1.46 bits per heavy atom. The summed E-state index contributed by atoms with van der Waals surface area (Å²) in [5, 5.41) is 13.2. The Morgan fingerprint density at radius 1 is 0.917 bits per heavy atom. The first kappa shape index (κ1) is 17.3. The Morgan fingerprint density at radius 3 is 2.00 bits per heavy atom. The van der Waals surface area contributed by atoms with E-state index >= 15 is 0 Å². The minimum Gasteiger partial charge on any atom is -0.478 e. The second-order valence-corrected chi connectivity index (χ2v) is 4.65. The van der Waals surface area contributed by atoms with Gasteiger partial charge in [0.1, 0.15) is 5.82 Å². The number of nitrogens with one attached hydrogen (secondary N) is 2. The highest BCUT2D eigenvalue weighted by atomic mass is 19.4. The molecule has 24 heavy (non-hydrogen) atoms. The van der Waals surface area contributed by atoms with Crippen LogP contribution in [0, 0.1) is 5.82 Å². The van der Waals surface area contributed by atoms with E-state index in [1.165, 1.54) is 24.3 Å². The van der Waals surface area contributed by atoms with Crippen molar-refractivity contribution in [2.45, 2.75) is 6.18 Å². The van der Waals surface area contributed by atoms with Crippen molar-refractivity contribution in [2.24, 2.45) is 0 Å². The van der Waals surface area contributed by atoms with E-state index in [0.29, 0.717) is 12.1 Å². The van der Waals surface area contributed by atoms with Gasteiger partial charge in [-0.2, -0.15) is 13.2 Å². The Kier molecular flexibility index (Phi) is 4.72. The fourth-order valence-corrected chi connectivity index (χ4v) is 1.81. The van der Waals surface area contributed by atoms with Gasteiger partial charge in [0.05, 0.1) is 11.1 Å². The van der Waals surface area contributed by atoms with Crippen LogP contribution in [-0.4, -0.2) is 17.1 Å². The summed E-state index contributed by atoms with van der Waals surface area (Å²) in [6.07, 6.45) is -4.88. The Bertz CT molecular complexity index is 773. The van der Waals surface area contributed by atoms with Gasteiger partial charge in [0.15, 0.2) is 0 Å². The normalized spacial score (nSPS) is 11.0. The molecule has 3 N–H and O–H groups in total. The van der Waals surface area contributed by atoms with Crippen molar-refractivity contribution in [2.75, 3.05) is 10.6 Å². The molecule has 0 aromatic heterocycles. The van der Waals surface area contributed by atoms with Crippen LogP contribution in [0.1, 0.15) is 15.9 Å². The van der Waals surface area contributed by atoms with E-state index < -0.39 is 29.6 Å². The lowest BCUT2D eigenvalue weighted by Crippen LogP contribution is -2.20. The number of carbonyl (C=O) groups excluding carboxylic acids is 1. The van der Waals surface area contributed by atoms with Gasteiger partial charge in [0.25, 0.3) is 0 Å². The van der Waals surface area contributed by atoms with Crippen LogP contribution >= 0.6 is 0 Å². The third-order valence-electron chi connectivity index (χ3n) is 2.92. The zero-order chi connectivity index (χ0) is 17.9. The summed E-state index contributed by atoms with van der Waals surface area (Å²) in [6.45, 7) is 0. The van der Waals surface area contributed by atoms with Crippen LogP contribution in [0.4, 0.5) is 33.7 Å². The maximum Gasteiger partial charge on any atom is 0.419 e. The van der Waals surface area contributed by atoms with Crippen molar-refractivity contribution >= 4 is 23.4 Å². The highest BCUT2D eigenvalue weighted by molar-refractivity contribution is 6.00. The second kappa shape index (κ2) is 6.57. The molecule has 2 rings (SSSR count).